The summed E-state index contributed by atoms with van der Waals surface area (Å²) in [5.41, 5.74) is -0.214. The van der Waals surface area contributed by atoms with Crippen molar-refractivity contribution in [2.24, 2.45) is 5.92 Å². The minimum absolute atomic E-state index is 0.170. The zero-order valence-corrected chi connectivity index (χ0v) is 12.4. The van der Waals surface area contributed by atoms with Gasteiger partial charge in [-0.1, -0.05) is 13.8 Å². The van der Waals surface area contributed by atoms with E-state index in [1.807, 2.05) is 0 Å². The second kappa shape index (κ2) is 7.43. The molecule has 0 aromatic carbocycles. The molecule has 1 aliphatic rings. The van der Waals surface area contributed by atoms with Gasteiger partial charge in [0.1, 0.15) is 0 Å². The lowest BCUT2D eigenvalue weighted by Crippen LogP contribution is -2.56. The van der Waals surface area contributed by atoms with Crippen LogP contribution < -0.4 is 5.32 Å². The van der Waals surface area contributed by atoms with Crippen molar-refractivity contribution >= 4 is 0 Å². The van der Waals surface area contributed by atoms with Crippen molar-refractivity contribution in [2.45, 2.75) is 45.2 Å². The van der Waals surface area contributed by atoms with Crippen LogP contribution in [-0.2, 0) is 4.74 Å². The SMILES string of the molecule is CC(C)NC(C)(CO)CN(C)CC1CCOCC1. The quantitative estimate of drug-likeness (QED) is 0.717. The Hall–Kier alpha value is -0.160. The van der Waals surface area contributed by atoms with Gasteiger partial charge in [-0.05, 0) is 32.7 Å². The van der Waals surface area contributed by atoms with E-state index in [-0.39, 0.29) is 12.1 Å². The van der Waals surface area contributed by atoms with Crippen molar-refractivity contribution in [2.75, 3.05) is 40.0 Å². The zero-order chi connectivity index (χ0) is 13.6. The van der Waals surface area contributed by atoms with E-state index in [1.54, 1.807) is 0 Å². The summed E-state index contributed by atoms with van der Waals surface area (Å²) in [6.45, 7) is 10.3. The van der Waals surface area contributed by atoms with Crippen LogP contribution in [0.3, 0.4) is 0 Å². The van der Waals surface area contributed by atoms with Crippen molar-refractivity contribution in [3.8, 4) is 0 Å². The molecule has 2 N–H and O–H groups in total. The Balaban J connectivity index is 2.38. The third-order valence-corrected chi connectivity index (χ3v) is 3.52. The Morgan fingerprint density at radius 3 is 2.50 bits per heavy atom. The van der Waals surface area contributed by atoms with E-state index in [2.05, 4.69) is 38.0 Å². The average Bonchev–Trinajstić information content (AvgIpc) is 2.28. The van der Waals surface area contributed by atoms with E-state index < -0.39 is 0 Å². The molecule has 0 radical (unpaired) electrons. The molecular weight excluding hydrogens is 228 g/mol. The van der Waals surface area contributed by atoms with Gasteiger partial charge in [0, 0.05) is 32.3 Å². The van der Waals surface area contributed by atoms with Crippen LogP contribution in [0.2, 0.25) is 0 Å². The lowest BCUT2D eigenvalue weighted by molar-refractivity contribution is 0.0484. The number of hydrogen-bond acceptors (Lipinski definition) is 4. The van der Waals surface area contributed by atoms with Gasteiger partial charge in [-0.3, -0.25) is 0 Å². The molecule has 18 heavy (non-hydrogen) atoms. The smallest absolute Gasteiger partial charge is 0.0623 e. The zero-order valence-electron chi connectivity index (χ0n) is 12.4. The maximum absolute atomic E-state index is 9.58. The molecule has 4 heteroatoms. The molecule has 108 valence electrons. The highest BCUT2D eigenvalue weighted by molar-refractivity contribution is 4.87. The molecular formula is C14H30N2O2. The number of likely N-dealkylation sites (N-methyl/N-ethyl adjacent to an activating group) is 1. The molecule has 1 unspecified atom stereocenters. The monoisotopic (exact) mass is 258 g/mol. The molecule has 1 rings (SSSR count). The fraction of sp³-hybridized carbons (Fsp3) is 1.00. The van der Waals surface area contributed by atoms with E-state index in [1.165, 1.54) is 0 Å². The largest absolute Gasteiger partial charge is 0.394 e. The second-order valence-corrected chi connectivity index (χ2v) is 6.27. The minimum atomic E-state index is -0.214. The molecule has 0 aromatic heterocycles. The standard InChI is InChI=1S/C14H30N2O2/c1-12(2)15-14(3,11-17)10-16(4)9-13-5-7-18-8-6-13/h12-13,15,17H,5-11H2,1-4H3. The Morgan fingerprint density at radius 1 is 1.39 bits per heavy atom. The van der Waals surface area contributed by atoms with E-state index >= 15 is 0 Å². The topological polar surface area (TPSA) is 44.7 Å². The Labute approximate surface area is 112 Å². The van der Waals surface area contributed by atoms with Gasteiger partial charge in [-0.15, -0.1) is 0 Å². The number of nitrogens with one attached hydrogen (secondary N) is 1. The van der Waals surface area contributed by atoms with Crippen molar-refractivity contribution < 1.29 is 9.84 Å². The van der Waals surface area contributed by atoms with Gasteiger partial charge < -0.3 is 20.1 Å². The minimum Gasteiger partial charge on any atom is -0.394 e. The normalized spacial score (nSPS) is 21.5. The van der Waals surface area contributed by atoms with E-state index in [4.69, 9.17) is 4.74 Å². The van der Waals surface area contributed by atoms with Crippen LogP contribution in [0.5, 0.6) is 0 Å². The summed E-state index contributed by atoms with van der Waals surface area (Å²) in [5.74, 6) is 0.741. The summed E-state index contributed by atoms with van der Waals surface area (Å²) in [6, 6.07) is 0.388. The van der Waals surface area contributed by atoms with Crippen LogP contribution in [-0.4, -0.2) is 61.5 Å². The van der Waals surface area contributed by atoms with E-state index in [0.29, 0.717) is 6.04 Å². The molecule has 1 atom stereocenters. The first kappa shape index (κ1) is 15.9. The third-order valence-electron chi connectivity index (χ3n) is 3.52. The predicted octanol–water partition coefficient (Wildman–Crippen LogP) is 1.09. The van der Waals surface area contributed by atoms with Gasteiger partial charge in [0.15, 0.2) is 0 Å². The number of nitrogens with zero attached hydrogens (tertiary/aromatic N) is 1. The summed E-state index contributed by atoms with van der Waals surface area (Å²) in [4.78, 5) is 2.33. The van der Waals surface area contributed by atoms with Gasteiger partial charge in [-0.25, -0.2) is 0 Å². The molecule has 0 saturated carbocycles. The van der Waals surface area contributed by atoms with Crippen molar-refractivity contribution in [1.82, 2.24) is 10.2 Å². The highest BCUT2D eigenvalue weighted by Crippen LogP contribution is 2.17. The highest BCUT2D eigenvalue weighted by atomic mass is 16.5. The second-order valence-electron chi connectivity index (χ2n) is 6.27. The predicted molar refractivity (Wildman–Crippen MR) is 74.8 cm³/mol. The first-order chi connectivity index (χ1) is 8.45. The van der Waals surface area contributed by atoms with Crippen LogP contribution >= 0.6 is 0 Å². The molecule has 0 amide bonds. The Morgan fingerprint density at radius 2 is 2.00 bits per heavy atom. The number of hydrogen-bond donors (Lipinski definition) is 2. The van der Waals surface area contributed by atoms with Crippen molar-refractivity contribution in [3.05, 3.63) is 0 Å². The molecule has 0 bridgehead atoms. The van der Waals surface area contributed by atoms with Crippen LogP contribution in [0.1, 0.15) is 33.6 Å². The molecule has 1 fully saturated rings. The number of aliphatic hydroxyl groups is 1. The number of ether oxygens (including phenoxy) is 1. The van der Waals surface area contributed by atoms with Crippen molar-refractivity contribution in [3.63, 3.8) is 0 Å². The molecule has 0 aliphatic carbocycles. The van der Waals surface area contributed by atoms with Gasteiger partial charge in [-0.2, -0.15) is 0 Å². The highest BCUT2D eigenvalue weighted by Gasteiger charge is 2.26. The first-order valence-electron chi connectivity index (χ1n) is 7.10. The number of rotatable bonds is 7. The Kier molecular flexibility index (Phi) is 6.57. The molecule has 4 nitrogen and oxygen atoms in total. The van der Waals surface area contributed by atoms with Gasteiger partial charge in [0.05, 0.1) is 12.1 Å². The maximum Gasteiger partial charge on any atom is 0.0623 e. The summed E-state index contributed by atoms with van der Waals surface area (Å²) in [7, 11) is 2.14. The molecule has 1 saturated heterocycles. The number of aliphatic hydroxyl groups excluding tert-OH is 1. The fourth-order valence-electron chi connectivity index (χ4n) is 2.87. The summed E-state index contributed by atoms with van der Waals surface area (Å²) in [6.07, 6.45) is 2.33. The van der Waals surface area contributed by atoms with Gasteiger partial charge >= 0.3 is 0 Å². The molecule has 0 spiro atoms. The van der Waals surface area contributed by atoms with Gasteiger partial charge in [0.2, 0.25) is 0 Å². The fourth-order valence-corrected chi connectivity index (χ4v) is 2.87. The molecule has 0 aromatic rings. The summed E-state index contributed by atoms with van der Waals surface area (Å²) < 4.78 is 5.39. The molecule has 1 aliphatic heterocycles. The maximum atomic E-state index is 9.58. The average molecular weight is 258 g/mol. The van der Waals surface area contributed by atoms with Crippen LogP contribution in [0.25, 0.3) is 0 Å². The summed E-state index contributed by atoms with van der Waals surface area (Å²) in [5, 5.41) is 13.0. The van der Waals surface area contributed by atoms with Crippen LogP contribution in [0.4, 0.5) is 0 Å². The van der Waals surface area contributed by atoms with Crippen LogP contribution in [0.15, 0.2) is 0 Å². The van der Waals surface area contributed by atoms with Gasteiger partial charge in [0.25, 0.3) is 0 Å². The van der Waals surface area contributed by atoms with Crippen molar-refractivity contribution in [1.29, 1.82) is 0 Å². The Bertz CT molecular complexity index is 230. The van der Waals surface area contributed by atoms with E-state index in [0.717, 1.165) is 45.1 Å². The molecule has 1 heterocycles. The lowest BCUT2D eigenvalue weighted by atomic mass is 9.97. The third kappa shape index (κ3) is 5.65. The summed E-state index contributed by atoms with van der Waals surface area (Å²) >= 11 is 0. The van der Waals surface area contributed by atoms with Crippen LogP contribution in [0, 0.1) is 5.92 Å². The lowest BCUT2D eigenvalue weighted by Gasteiger charge is -2.36. The van der Waals surface area contributed by atoms with E-state index in [9.17, 15) is 5.11 Å². The first-order valence-corrected chi connectivity index (χ1v) is 7.10.